The van der Waals surface area contributed by atoms with Gasteiger partial charge in [-0.3, -0.25) is 0 Å². The molecule has 1 aliphatic carbocycles. The second-order valence-electron chi connectivity index (χ2n) is 4.15. The summed E-state index contributed by atoms with van der Waals surface area (Å²) in [7, 11) is 0. The molecule has 2 aliphatic rings. The Bertz CT molecular complexity index is 183. The molecule has 0 bridgehead atoms. The van der Waals surface area contributed by atoms with Crippen LogP contribution in [0.15, 0.2) is 12.2 Å². The molecule has 1 heterocycles. The van der Waals surface area contributed by atoms with E-state index < -0.39 is 0 Å². The van der Waals surface area contributed by atoms with Gasteiger partial charge in [-0.1, -0.05) is 31.4 Å². The van der Waals surface area contributed by atoms with E-state index in [1.165, 1.54) is 32.1 Å². The van der Waals surface area contributed by atoms with E-state index in [9.17, 15) is 5.11 Å². The molecule has 13 heavy (non-hydrogen) atoms. The molecule has 1 N–H and O–H groups in total. The van der Waals surface area contributed by atoms with E-state index in [2.05, 4.69) is 0 Å². The first kappa shape index (κ1) is 9.22. The molecule has 0 radical (unpaired) electrons. The van der Waals surface area contributed by atoms with Gasteiger partial charge in [0.1, 0.15) is 0 Å². The van der Waals surface area contributed by atoms with Crippen LogP contribution in [0.2, 0.25) is 0 Å². The molecule has 2 nitrogen and oxygen atoms in total. The lowest BCUT2D eigenvalue weighted by Gasteiger charge is -2.31. The number of ether oxygens (including phenoxy) is 1. The fourth-order valence-electron chi connectivity index (χ4n) is 2.31. The Morgan fingerprint density at radius 2 is 1.85 bits per heavy atom. The van der Waals surface area contributed by atoms with Crippen LogP contribution >= 0.6 is 0 Å². The number of aliphatic hydroxyl groups excluding tert-OH is 1. The van der Waals surface area contributed by atoms with Crippen LogP contribution in [-0.4, -0.2) is 23.9 Å². The van der Waals surface area contributed by atoms with Gasteiger partial charge in [0, 0.05) is 0 Å². The first-order chi connectivity index (χ1) is 6.36. The Hall–Kier alpha value is -0.340. The molecule has 0 unspecified atom stereocenters. The molecule has 1 saturated carbocycles. The Kier molecular flexibility index (Phi) is 3.01. The maximum absolute atomic E-state index is 9.21. The predicted molar refractivity (Wildman–Crippen MR) is 51.5 cm³/mol. The molecule has 1 fully saturated rings. The van der Waals surface area contributed by atoms with Crippen molar-refractivity contribution in [2.75, 3.05) is 6.61 Å². The minimum atomic E-state index is -0.375. The highest BCUT2D eigenvalue weighted by Gasteiger charge is 2.24. The summed E-state index contributed by atoms with van der Waals surface area (Å²) in [5.41, 5.74) is 0. The van der Waals surface area contributed by atoms with Crippen LogP contribution in [0, 0.1) is 5.92 Å². The lowest BCUT2D eigenvalue weighted by molar-refractivity contribution is -0.0178. The van der Waals surface area contributed by atoms with E-state index >= 15 is 0 Å². The molecule has 2 atom stereocenters. The monoisotopic (exact) mass is 182 g/mol. The van der Waals surface area contributed by atoms with Gasteiger partial charge < -0.3 is 9.84 Å². The van der Waals surface area contributed by atoms with Crippen LogP contribution in [0.1, 0.15) is 32.1 Å². The fraction of sp³-hybridized carbons (Fsp3) is 0.818. The topological polar surface area (TPSA) is 29.5 Å². The van der Waals surface area contributed by atoms with Gasteiger partial charge in [-0.15, -0.1) is 0 Å². The third kappa shape index (κ3) is 2.32. The molecule has 0 saturated heterocycles. The average Bonchev–Trinajstić information content (AvgIpc) is 2.20. The molecule has 2 rings (SSSR count). The van der Waals surface area contributed by atoms with Crippen molar-refractivity contribution in [2.45, 2.75) is 44.3 Å². The van der Waals surface area contributed by atoms with Crippen molar-refractivity contribution in [3.63, 3.8) is 0 Å². The summed E-state index contributed by atoms with van der Waals surface area (Å²) in [5.74, 6) is 0.706. The van der Waals surface area contributed by atoms with Gasteiger partial charge in [-0.05, 0) is 18.8 Å². The molecule has 74 valence electrons. The maximum atomic E-state index is 9.21. The van der Waals surface area contributed by atoms with Gasteiger partial charge in [0.2, 0.25) is 0 Å². The quantitative estimate of drug-likeness (QED) is 0.627. The van der Waals surface area contributed by atoms with Crippen molar-refractivity contribution in [2.24, 2.45) is 5.92 Å². The molecular weight excluding hydrogens is 164 g/mol. The molecule has 0 aromatic heterocycles. The predicted octanol–water partition coefficient (Wildman–Crippen LogP) is 1.88. The van der Waals surface area contributed by atoms with Crippen molar-refractivity contribution in [1.82, 2.24) is 0 Å². The van der Waals surface area contributed by atoms with Gasteiger partial charge in [0.15, 0.2) is 0 Å². The zero-order valence-corrected chi connectivity index (χ0v) is 7.98. The standard InChI is InChI=1S/C11H18O2/c12-10-6-7-11(13-8-10)9-4-2-1-3-5-9/h6-7,9-12H,1-5,8H2/t10-,11-/m0/s1. The maximum Gasteiger partial charge on any atom is 0.0955 e. The molecule has 0 spiro atoms. The zero-order chi connectivity index (χ0) is 9.10. The highest BCUT2D eigenvalue weighted by Crippen LogP contribution is 2.29. The summed E-state index contributed by atoms with van der Waals surface area (Å²) in [5, 5.41) is 9.21. The third-order valence-corrected chi connectivity index (χ3v) is 3.10. The minimum Gasteiger partial charge on any atom is -0.387 e. The Labute approximate surface area is 79.6 Å². The van der Waals surface area contributed by atoms with E-state index in [-0.39, 0.29) is 12.2 Å². The highest BCUT2D eigenvalue weighted by atomic mass is 16.5. The average molecular weight is 182 g/mol. The van der Waals surface area contributed by atoms with E-state index in [4.69, 9.17) is 4.74 Å². The van der Waals surface area contributed by atoms with Crippen LogP contribution in [0.3, 0.4) is 0 Å². The summed E-state index contributed by atoms with van der Waals surface area (Å²) in [6, 6.07) is 0. The lowest BCUT2D eigenvalue weighted by Crippen LogP contribution is -2.31. The van der Waals surface area contributed by atoms with Gasteiger partial charge in [0.25, 0.3) is 0 Å². The van der Waals surface area contributed by atoms with Crippen molar-refractivity contribution in [3.05, 3.63) is 12.2 Å². The van der Waals surface area contributed by atoms with E-state index in [0.717, 1.165) is 0 Å². The largest absolute Gasteiger partial charge is 0.387 e. The zero-order valence-electron chi connectivity index (χ0n) is 7.98. The van der Waals surface area contributed by atoms with Gasteiger partial charge in [0.05, 0.1) is 18.8 Å². The summed E-state index contributed by atoms with van der Waals surface area (Å²) >= 11 is 0. The van der Waals surface area contributed by atoms with Crippen LogP contribution in [0.4, 0.5) is 0 Å². The van der Waals surface area contributed by atoms with E-state index in [1.54, 1.807) is 0 Å². The summed E-state index contributed by atoms with van der Waals surface area (Å²) < 4.78 is 5.59. The summed E-state index contributed by atoms with van der Waals surface area (Å²) in [6.07, 6.45) is 10.5. The van der Waals surface area contributed by atoms with E-state index in [1.807, 2.05) is 12.2 Å². The SMILES string of the molecule is O[C@H]1C=C[C@@H](C2CCCCC2)OC1. The van der Waals surface area contributed by atoms with Crippen LogP contribution < -0.4 is 0 Å². The Morgan fingerprint density at radius 1 is 1.08 bits per heavy atom. The van der Waals surface area contributed by atoms with Gasteiger partial charge in [-0.2, -0.15) is 0 Å². The van der Waals surface area contributed by atoms with Gasteiger partial charge in [-0.25, -0.2) is 0 Å². The van der Waals surface area contributed by atoms with Crippen LogP contribution in [0.25, 0.3) is 0 Å². The molecule has 1 aliphatic heterocycles. The number of hydrogen-bond donors (Lipinski definition) is 1. The number of aliphatic hydroxyl groups is 1. The van der Waals surface area contributed by atoms with Crippen LogP contribution in [0.5, 0.6) is 0 Å². The lowest BCUT2D eigenvalue weighted by atomic mass is 9.84. The molecule has 0 aromatic carbocycles. The van der Waals surface area contributed by atoms with Crippen LogP contribution in [-0.2, 0) is 4.74 Å². The third-order valence-electron chi connectivity index (χ3n) is 3.10. The molecule has 2 heteroatoms. The second kappa shape index (κ2) is 4.25. The Balaban J connectivity index is 1.89. The first-order valence-electron chi connectivity index (χ1n) is 5.34. The molecule has 0 amide bonds. The smallest absolute Gasteiger partial charge is 0.0955 e. The number of rotatable bonds is 1. The van der Waals surface area contributed by atoms with Crippen molar-refractivity contribution in [1.29, 1.82) is 0 Å². The van der Waals surface area contributed by atoms with Crippen molar-refractivity contribution < 1.29 is 9.84 Å². The second-order valence-corrected chi connectivity index (χ2v) is 4.15. The fourth-order valence-corrected chi connectivity index (χ4v) is 2.31. The minimum absolute atomic E-state index is 0.281. The van der Waals surface area contributed by atoms with Crippen molar-refractivity contribution in [3.8, 4) is 0 Å². The van der Waals surface area contributed by atoms with Gasteiger partial charge >= 0.3 is 0 Å². The highest BCUT2D eigenvalue weighted by molar-refractivity contribution is 5.00. The molecule has 0 aromatic rings. The summed E-state index contributed by atoms with van der Waals surface area (Å²) in [6.45, 7) is 0.484. The number of hydrogen-bond acceptors (Lipinski definition) is 2. The molecular formula is C11H18O2. The Morgan fingerprint density at radius 3 is 2.46 bits per heavy atom. The first-order valence-corrected chi connectivity index (χ1v) is 5.34. The normalized spacial score (nSPS) is 36.4. The van der Waals surface area contributed by atoms with E-state index in [0.29, 0.717) is 12.5 Å². The summed E-state index contributed by atoms with van der Waals surface area (Å²) in [4.78, 5) is 0. The van der Waals surface area contributed by atoms with Crippen molar-refractivity contribution >= 4 is 0 Å².